The van der Waals surface area contributed by atoms with Crippen molar-refractivity contribution in [2.75, 3.05) is 33.9 Å². The van der Waals surface area contributed by atoms with Crippen molar-refractivity contribution in [3.05, 3.63) is 28.2 Å². The Bertz CT molecular complexity index is 344. The van der Waals surface area contributed by atoms with Crippen LogP contribution in [0.5, 0.6) is 5.75 Å². The molecule has 0 heterocycles. The number of methoxy groups -OCH3 is 2. The van der Waals surface area contributed by atoms with E-state index in [1.165, 1.54) is 5.56 Å². The van der Waals surface area contributed by atoms with E-state index in [1.807, 2.05) is 6.07 Å². The Morgan fingerprint density at radius 3 is 2.59 bits per heavy atom. The maximum absolute atomic E-state index is 5.22. The number of benzene rings is 1. The molecule has 3 nitrogen and oxygen atoms in total. The van der Waals surface area contributed by atoms with E-state index in [0.29, 0.717) is 0 Å². The third kappa shape index (κ3) is 4.66. The molecule has 0 N–H and O–H groups in total. The van der Waals surface area contributed by atoms with Crippen molar-refractivity contribution in [2.45, 2.75) is 13.5 Å². The maximum Gasteiger partial charge on any atom is 0.133 e. The number of nitrogens with zero attached hydrogens (tertiary/aromatic N) is 1. The molecule has 0 bridgehead atoms. The molecule has 1 rings (SSSR count). The zero-order valence-electron chi connectivity index (χ0n) is 10.7. The first-order chi connectivity index (χ1) is 8.21. The van der Waals surface area contributed by atoms with Gasteiger partial charge in [0.05, 0.1) is 18.2 Å². The lowest BCUT2D eigenvalue weighted by Gasteiger charge is -2.20. The van der Waals surface area contributed by atoms with Gasteiger partial charge in [0.25, 0.3) is 0 Å². The van der Waals surface area contributed by atoms with E-state index in [2.05, 4.69) is 39.9 Å². The van der Waals surface area contributed by atoms with Crippen LogP contribution in [0.3, 0.4) is 0 Å². The van der Waals surface area contributed by atoms with E-state index in [4.69, 9.17) is 9.47 Å². The van der Waals surface area contributed by atoms with Crippen molar-refractivity contribution in [3.8, 4) is 5.75 Å². The van der Waals surface area contributed by atoms with E-state index in [1.54, 1.807) is 14.2 Å². The second-order valence-corrected chi connectivity index (χ2v) is 4.68. The van der Waals surface area contributed by atoms with Crippen molar-refractivity contribution >= 4 is 15.9 Å². The van der Waals surface area contributed by atoms with E-state index in [-0.39, 0.29) is 0 Å². The molecule has 0 atom stereocenters. The molecule has 17 heavy (non-hydrogen) atoms. The Labute approximate surface area is 112 Å². The van der Waals surface area contributed by atoms with Gasteiger partial charge in [-0.1, -0.05) is 13.0 Å². The Hall–Kier alpha value is -0.580. The molecule has 0 aliphatic carbocycles. The zero-order chi connectivity index (χ0) is 12.7. The van der Waals surface area contributed by atoms with Gasteiger partial charge in [-0.2, -0.15) is 0 Å². The van der Waals surface area contributed by atoms with Crippen LogP contribution >= 0.6 is 15.9 Å². The fraction of sp³-hybridized carbons (Fsp3) is 0.538. The van der Waals surface area contributed by atoms with Crippen molar-refractivity contribution in [1.29, 1.82) is 0 Å². The van der Waals surface area contributed by atoms with Gasteiger partial charge in [-0.3, -0.25) is 4.90 Å². The molecule has 0 aliphatic heterocycles. The molecular weight excluding hydrogens is 282 g/mol. The van der Waals surface area contributed by atoms with Crippen LogP contribution in [0, 0.1) is 0 Å². The predicted molar refractivity (Wildman–Crippen MR) is 73.5 cm³/mol. The van der Waals surface area contributed by atoms with Gasteiger partial charge in [0.2, 0.25) is 0 Å². The highest BCUT2D eigenvalue weighted by molar-refractivity contribution is 9.10. The van der Waals surface area contributed by atoms with Gasteiger partial charge in [0.15, 0.2) is 0 Å². The summed E-state index contributed by atoms with van der Waals surface area (Å²) in [6.07, 6.45) is 0. The standard InChI is InChI=1S/C13H20BrNO2/c1-4-15(7-8-16-2)10-11-5-6-13(17-3)12(14)9-11/h5-6,9H,4,7-8,10H2,1-3H3. The summed E-state index contributed by atoms with van der Waals surface area (Å²) >= 11 is 3.50. The fourth-order valence-electron chi connectivity index (χ4n) is 1.64. The van der Waals surface area contributed by atoms with Crippen molar-refractivity contribution in [3.63, 3.8) is 0 Å². The largest absolute Gasteiger partial charge is 0.496 e. The molecule has 0 fully saturated rings. The number of hydrogen-bond acceptors (Lipinski definition) is 3. The Morgan fingerprint density at radius 1 is 1.29 bits per heavy atom. The monoisotopic (exact) mass is 301 g/mol. The zero-order valence-corrected chi connectivity index (χ0v) is 12.3. The van der Waals surface area contributed by atoms with Gasteiger partial charge < -0.3 is 9.47 Å². The second kappa shape index (κ2) is 7.69. The van der Waals surface area contributed by atoms with Crippen LogP contribution in [0.25, 0.3) is 0 Å². The van der Waals surface area contributed by atoms with Gasteiger partial charge in [-0.15, -0.1) is 0 Å². The first kappa shape index (κ1) is 14.5. The SMILES string of the molecule is CCN(CCOC)Cc1ccc(OC)c(Br)c1. The molecular formula is C13H20BrNO2. The highest BCUT2D eigenvalue weighted by atomic mass is 79.9. The Kier molecular flexibility index (Phi) is 6.55. The lowest BCUT2D eigenvalue weighted by atomic mass is 10.2. The summed E-state index contributed by atoms with van der Waals surface area (Å²) in [5.41, 5.74) is 1.27. The van der Waals surface area contributed by atoms with E-state index in [9.17, 15) is 0 Å². The normalized spacial score (nSPS) is 10.9. The summed E-state index contributed by atoms with van der Waals surface area (Å²) in [6, 6.07) is 6.19. The highest BCUT2D eigenvalue weighted by Crippen LogP contribution is 2.25. The number of likely N-dealkylation sites (N-methyl/N-ethyl adjacent to an activating group) is 1. The van der Waals surface area contributed by atoms with Gasteiger partial charge >= 0.3 is 0 Å². The van der Waals surface area contributed by atoms with Crippen LogP contribution in [0.4, 0.5) is 0 Å². The minimum absolute atomic E-state index is 0.769. The summed E-state index contributed by atoms with van der Waals surface area (Å²) < 4.78 is 11.3. The summed E-state index contributed by atoms with van der Waals surface area (Å²) in [5.74, 6) is 0.869. The molecule has 1 aromatic rings. The topological polar surface area (TPSA) is 21.7 Å². The van der Waals surface area contributed by atoms with Crippen molar-refractivity contribution in [2.24, 2.45) is 0 Å². The fourth-order valence-corrected chi connectivity index (χ4v) is 2.22. The average Bonchev–Trinajstić information content (AvgIpc) is 2.34. The molecule has 0 amide bonds. The smallest absolute Gasteiger partial charge is 0.133 e. The van der Waals surface area contributed by atoms with Crippen LogP contribution in [0.15, 0.2) is 22.7 Å². The quantitative estimate of drug-likeness (QED) is 0.773. The van der Waals surface area contributed by atoms with Crippen molar-refractivity contribution < 1.29 is 9.47 Å². The minimum Gasteiger partial charge on any atom is -0.496 e. The van der Waals surface area contributed by atoms with Gasteiger partial charge in [-0.25, -0.2) is 0 Å². The molecule has 96 valence electrons. The number of ether oxygens (including phenoxy) is 2. The van der Waals surface area contributed by atoms with Crippen LogP contribution in [-0.2, 0) is 11.3 Å². The lowest BCUT2D eigenvalue weighted by molar-refractivity contribution is 0.147. The number of halogens is 1. The van der Waals surface area contributed by atoms with Gasteiger partial charge in [-0.05, 0) is 40.2 Å². The minimum atomic E-state index is 0.769. The summed E-state index contributed by atoms with van der Waals surface area (Å²) in [6.45, 7) is 5.84. The molecule has 0 spiro atoms. The van der Waals surface area contributed by atoms with Crippen LogP contribution < -0.4 is 4.74 Å². The maximum atomic E-state index is 5.22. The van der Waals surface area contributed by atoms with E-state index in [0.717, 1.165) is 36.5 Å². The van der Waals surface area contributed by atoms with Gasteiger partial charge in [0, 0.05) is 20.2 Å². The molecule has 0 unspecified atom stereocenters. The van der Waals surface area contributed by atoms with Crippen molar-refractivity contribution in [1.82, 2.24) is 4.90 Å². The highest BCUT2D eigenvalue weighted by Gasteiger charge is 2.06. The van der Waals surface area contributed by atoms with Gasteiger partial charge in [0.1, 0.15) is 5.75 Å². The summed E-state index contributed by atoms with van der Waals surface area (Å²) in [4.78, 5) is 2.34. The Morgan fingerprint density at radius 2 is 2.06 bits per heavy atom. The van der Waals surface area contributed by atoms with E-state index >= 15 is 0 Å². The molecule has 1 aromatic carbocycles. The molecule has 0 saturated heterocycles. The molecule has 0 radical (unpaired) electrons. The lowest BCUT2D eigenvalue weighted by Crippen LogP contribution is -2.26. The molecule has 0 saturated carbocycles. The predicted octanol–water partition coefficient (Wildman–Crippen LogP) is 2.93. The molecule has 4 heteroatoms. The van der Waals surface area contributed by atoms with E-state index < -0.39 is 0 Å². The number of hydrogen-bond donors (Lipinski definition) is 0. The van der Waals surface area contributed by atoms with Crippen LogP contribution in [0.2, 0.25) is 0 Å². The Balaban J connectivity index is 2.63. The average molecular weight is 302 g/mol. The first-order valence-electron chi connectivity index (χ1n) is 5.75. The third-order valence-corrected chi connectivity index (χ3v) is 3.30. The first-order valence-corrected chi connectivity index (χ1v) is 6.54. The van der Waals surface area contributed by atoms with Crippen LogP contribution in [0.1, 0.15) is 12.5 Å². The molecule has 0 aromatic heterocycles. The third-order valence-electron chi connectivity index (χ3n) is 2.68. The second-order valence-electron chi connectivity index (χ2n) is 3.83. The summed E-state index contributed by atoms with van der Waals surface area (Å²) in [7, 11) is 3.41. The number of rotatable bonds is 7. The molecule has 0 aliphatic rings. The van der Waals surface area contributed by atoms with Crippen LogP contribution in [-0.4, -0.2) is 38.8 Å². The summed E-state index contributed by atoms with van der Waals surface area (Å²) in [5, 5.41) is 0.